The first-order chi connectivity index (χ1) is 18.5. The third kappa shape index (κ3) is 6.33. The summed E-state index contributed by atoms with van der Waals surface area (Å²) in [6.07, 6.45) is -3.11. The SMILES string of the molecule is C=CCn1nnnc1SCC1=C(C(=O)O)N2C(=O)C(NC(=O)/C(=N\OCC(F)(F)F)c3csc(N)n3)[C@H]2SC1. The third-order valence-corrected chi connectivity index (χ3v) is 8.13. The lowest BCUT2D eigenvalue weighted by atomic mass is 10.0. The summed E-state index contributed by atoms with van der Waals surface area (Å²) in [4.78, 5) is 47.1. The van der Waals surface area contributed by atoms with Gasteiger partial charge < -0.3 is 21.0 Å². The Morgan fingerprint density at radius 2 is 2.21 bits per heavy atom. The minimum Gasteiger partial charge on any atom is -0.477 e. The average Bonchev–Trinajstić information content (AvgIpc) is 3.51. The summed E-state index contributed by atoms with van der Waals surface area (Å²) in [5.74, 6) is -2.70. The van der Waals surface area contributed by atoms with Gasteiger partial charge in [-0.2, -0.15) is 13.2 Å². The summed E-state index contributed by atoms with van der Waals surface area (Å²) < 4.78 is 39.0. The van der Waals surface area contributed by atoms with E-state index in [4.69, 9.17) is 5.73 Å². The molecule has 4 N–H and O–H groups in total. The van der Waals surface area contributed by atoms with Crippen molar-refractivity contribution in [2.45, 2.75) is 29.3 Å². The van der Waals surface area contributed by atoms with E-state index in [9.17, 15) is 32.7 Å². The molecule has 0 spiro atoms. The zero-order valence-corrected chi connectivity index (χ0v) is 21.9. The van der Waals surface area contributed by atoms with Crippen molar-refractivity contribution in [1.29, 1.82) is 0 Å². The number of carboxylic acid groups (broad SMARTS) is 1. The van der Waals surface area contributed by atoms with Crippen molar-refractivity contribution in [3.05, 3.63) is 35.0 Å². The molecular weight excluding hydrogens is 587 g/mol. The molecule has 14 nitrogen and oxygen atoms in total. The Morgan fingerprint density at radius 3 is 2.85 bits per heavy atom. The number of nitrogens with two attached hydrogens (primary N) is 1. The van der Waals surface area contributed by atoms with E-state index >= 15 is 0 Å². The first-order valence-electron chi connectivity index (χ1n) is 10.7. The molecule has 39 heavy (non-hydrogen) atoms. The largest absolute Gasteiger partial charge is 0.477 e. The number of oxime groups is 1. The lowest BCUT2D eigenvalue weighted by Gasteiger charge is -2.49. The van der Waals surface area contributed by atoms with Gasteiger partial charge in [-0.15, -0.1) is 34.8 Å². The highest BCUT2D eigenvalue weighted by Crippen LogP contribution is 2.41. The molecule has 2 aromatic rings. The van der Waals surface area contributed by atoms with Crippen LogP contribution in [0.25, 0.3) is 0 Å². The minimum absolute atomic E-state index is 0.0233. The number of rotatable bonds is 11. The zero-order chi connectivity index (χ0) is 28.3. The standard InChI is InChI=1S/C19H18F3N9O5S3/c1-2-3-30-18(26-28-29-30)39-5-8-4-37-15-11(14(33)31(15)12(8)16(34)35)25-13(32)10(9-6-38-17(23)24-9)27-36-7-19(20,21)22/h2,6,11,15H,1,3-5,7H2,(H2,23,24)(H,25,32)(H,34,35)/b27-10-/t11?,15-/m1/s1. The molecule has 0 radical (unpaired) electrons. The Morgan fingerprint density at radius 1 is 1.44 bits per heavy atom. The smallest absolute Gasteiger partial charge is 0.425 e. The van der Waals surface area contributed by atoms with E-state index in [1.54, 1.807) is 6.08 Å². The Bertz CT molecular complexity index is 1360. The molecule has 4 rings (SSSR count). The molecule has 1 fully saturated rings. The van der Waals surface area contributed by atoms with E-state index in [1.807, 2.05) is 0 Å². The summed E-state index contributed by atoms with van der Waals surface area (Å²) in [7, 11) is 0. The molecule has 2 atom stereocenters. The Kier molecular flexibility index (Phi) is 8.45. The van der Waals surface area contributed by atoms with Gasteiger partial charge in [0.15, 0.2) is 10.8 Å². The van der Waals surface area contributed by atoms with E-state index in [0.29, 0.717) is 17.3 Å². The molecule has 20 heteroatoms. The van der Waals surface area contributed by atoms with Crippen LogP contribution in [0.3, 0.4) is 0 Å². The van der Waals surface area contributed by atoms with Crippen molar-refractivity contribution in [3.63, 3.8) is 0 Å². The van der Waals surface area contributed by atoms with Crippen LogP contribution in [0.15, 0.2) is 39.6 Å². The minimum atomic E-state index is -4.71. The number of carbonyl (C=O) groups is 3. The number of anilines is 1. The van der Waals surface area contributed by atoms with Gasteiger partial charge in [0.05, 0.1) is 6.54 Å². The molecule has 0 bridgehead atoms. The van der Waals surface area contributed by atoms with E-state index in [-0.39, 0.29) is 28.0 Å². The van der Waals surface area contributed by atoms with Crippen molar-refractivity contribution in [2.75, 3.05) is 23.8 Å². The highest BCUT2D eigenvalue weighted by Gasteiger charge is 2.54. The monoisotopic (exact) mass is 605 g/mol. The maximum absolute atomic E-state index is 13.0. The van der Waals surface area contributed by atoms with Gasteiger partial charge >= 0.3 is 12.1 Å². The molecule has 0 aromatic carbocycles. The number of hydrogen-bond acceptors (Lipinski definition) is 13. The number of aliphatic carboxylic acids is 1. The number of nitrogens with one attached hydrogen (secondary N) is 1. The quantitative estimate of drug-likeness (QED) is 0.107. The lowest BCUT2D eigenvalue weighted by molar-refractivity contribution is -0.174. The van der Waals surface area contributed by atoms with Crippen molar-refractivity contribution in [1.82, 2.24) is 35.4 Å². The number of tetrazole rings is 1. The molecule has 4 heterocycles. The average molecular weight is 606 g/mol. The number of nitrogens with zero attached hydrogens (tertiary/aromatic N) is 7. The number of β-lactam (4-membered cyclic amide) rings is 1. The number of carbonyl (C=O) groups excluding carboxylic acids is 2. The number of thiazole rings is 1. The number of nitrogen functional groups attached to an aromatic ring is 1. The van der Waals surface area contributed by atoms with Gasteiger partial charge in [-0.3, -0.25) is 14.5 Å². The van der Waals surface area contributed by atoms with Crippen LogP contribution in [0.4, 0.5) is 18.3 Å². The molecule has 2 aliphatic heterocycles. The van der Waals surface area contributed by atoms with Crippen molar-refractivity contribution in [3.8, 4) is 0 Å². The summed E-state index contributed by atoms with van der Waals surface area (Å²) >= 11 is 3.31. The number of fused-ring (bicyclic) bond motifs is 1. The van der Waals surface area contributed by atoms with Crippen LogP contribution in [0.2, 0.25) is 0 Å². The van der Waals surface area contributed by atoms with Crippen LogP contribution in [0.5, 0.6) is 0 Å². The van der Waals surface area contributed by atoms with Gasteiger partial charge in [0.25, 0.3) is 11.8 Å². The maximum Gasteiger partial charge on any atom is 0.425 e. The van der Waals surface area contributed by atoms with E-state index < -0.39 is 47.7 Å². The van der Waals surface area contributed by atoms with E-state index in [1.165, 1.54) is 33.6 Å². The first kappa shape index (κ1) is 28.4. The molecule has 1 saturated heterocycles. The molecule has 0 aliphatic carbocycles. The number of halogens is 3. The second-order valence-electron chi connectivity index (χ2n) is 7.74. The van der Waals surface area contributed by atoms with Gasteiger partial charge in [0.1, 0.15) is 22.8 Å². The van der Waals surface area contributed by atoms with Gasteiger partial charge in [-0.05, 0) is 16.0 Å². The fourth-order valence-electron chi connectivity index (χ4n) is 3.46. The number of allylic oxidation sites excluding steroid dienone is 1. The highest BCUT2D eigenvalue weighted by molar-refractivity contribution is 8.01. The second-order valence-corrected chi connectivity index (χ2v) is 10.7. The fraction of sp³-hybridized carbons (Fsp3) is 0.368. The van der Waals surface area contributed by atoms with Gasteiger partial charge in [-0.1, -0.05) is 23.0 Å². The molecule has 2 aliphatic rings. The normalized spacial score (nSPS) is 19.4. The highest BCUT2D eigenvalue weighted by atomic mass is 32.2. The van der Waals surface area contributed by atoms with Gasteiger partial charge in [0.2, 0.25) is 11.8 Å². The first-order valence-corrected chi connectivity index (χ1v) is 13.6. The van der Waals surface area contributed by atoms with E-state index in [2.05, 4.69) is 42.4 Å². The van der Waals surface area contributed by atoms with Crippen LogP contribution in [0, 0.1) is 0 Å². The lowest BCUT2D eigenvalue weighted by Crippen LogP contribution is -2.71. The molecule has 0 saturated carbocycles. The zero-order valence-electron chi connectivity index (χ0n) is 19.5. The van der Waals surface area contributed by atoms with E-state index in [0.717, 1.165) is 16.2 Å². The Balaban J connectivity index is 1.48. The maximum atomic E-state index is 13.0. The molecular formula is C19H18F3N9O5S3. The van der Waals surface area contributed by atoms with Gasteiger partial charge in [-0.25, -0.2) is 14.5 Å². The summed E-state index contributed by atoms with van der Waals surface area (Å²) in [5.41, 5.74) is 5.00. The second kappa shape index (κ2) is 11.6. The number of carboxylic acids is 1. The molecule has 2 aromatic heterocycles. The predicted octanol–water partition coefficient (Wildman–Crippen LogP) is 0.712. The molecule has 2 amide bonds. The fourth-order valence-corrected chi connectivity index (χ4v) is 6.38. The van der Waals surface area contributed by atoms with Crippen molar-refractivity contribution >= 4 is 63.5 Å². The number of amides is 2. The van der Waals surface area contributed by atoms with Crippen molar-refractivity contribution in [2.24, 2.45) is 5.16 Å². The Hall–Kier alpha value is -3.65. The van der Waals surface area contributed by atoms with Crippen molar-refractivity contribution < 1.29 is 37.5 Å². The van der Waals surface area contributed by atoms with Crippen LogP contribution >= 0.6 is 34.9 Å². The summed E-state index contributed by atoms with van der Waals surface area (Å²) in [6, 6.07) is -1.17. The van der Waals surface area contributed by atoms with Crippen LogP contribution < -0.4 is 11.1 Å². The van der Waals surface area contributed by atoms with Crippen LogP contribution in [-0.4, -0.2) is 94.4 Å². The Labute approximate surface area is 229 Å². The number of thioether (sulfide) groups is 2. The topological polar surface area (TPSA) is 191 Å². The number of aromatic nitrogens is 5. The third-order valence-electron chi connectivity index (χ3n) is 5.08. The predicted molar refractivity (Wildman–Crippen MR) is 133 cm³/mol. The van der Waals surface area contributed by atoms with Gasteiger partial charge in [0, 0.05) is 16.9 Å². The summed E-state index contributed by atoms with van der Waals surface area (Å²) in [5, 5.41) is 27.8. The van der Waals surface area contributed by atoms with Crippen LogP contribution in [-0.2, 0) is 25.8 Å². The number of hydrogen-bond donors (Lipinski definition) is 3. The van der Waals surface area contributed by atoms with Crippen LogP contribution in [0.1, 0.15) is 5.69 Å². The number of alkyl halides is 3. The molecule has 1 unspecified atom stereocenters. The molecule has 208 valence electrons. The summed E-state index contributed by atoms with van der Waals surface area (Å²) in [6.45, 7) is 2.21.